The Morgan fingerprint density at radius 1 is 0.857 bits per heavy atom. The predicted octanol–water partition coefficient (Wildman–Crippen LogP) is 4.97. The summed E-state index contributed by atoms with van der Waals surface area (Å²) in [4.78, 5) is 21.5. The van der Waals surface area contributed by atoms with Gasteiger partial charge in [-0.2, -0.15) is 0 Å². The van der Waals surface area contributed by atoms with Crippen molar-refractivity contribution in [1.82, 2.24) is 9.97 Å². The van der Waals surface area contributed by atoms with Gasteiger partial charge in [-0.05, 0) is 36.4 Å². The van der Waals surface area contributed by atoms with Gasteiger partial charge in [0, 0.05) is 16.3 Å². The van der Waals surface area contributed by atoms with E-state index in [0.29, 0.717) is 27.8 Å². The highest BCUT2D eigenvalue weighted by molar-refractivity contribution is 6.30. The van der Waals surface area contributed by atoms with Crippen LogP contribution in [0.15, 0.2) is 78.9 Å². The summed E-state index contributed by atoms with van der Waals surface area (Å²) in [6.45, 7) is -0.185. The zero-order valence-electron chi connectivity index (χ0n) is 14.8. The normalized spacial score (nSPS) is 10.6. The largest absolute Gasteiger partial charge is 0.466 e. The molecule has 0 aliphatic heterocycles. The van der Waals surface area contributed by atoms with E-state index in [1.807, 2.05) is 54.6 Å². The van der Waals surface area contributed by atoms with Gasteiger partial charge in [-0.1, -0.05) is 54.1 Å². The van der Waals surface area contributed by atoms with Gasteiger partial charge in [-0.3, -0.25) is 4.79 Å². The number of nitrogens with one attached hydrogen (secondary N) is 1. The molecule has 1 amide bonds. The van der Waals surface area contributed by atoms with E-state index < -0.39 is 0 Å². The van der Waals surface area contributed by atoms with Gasteiger partial charge in [-0.25, -0.2) is 9.97 Å². The van der Waals surface area contributed by atoms with Crippen LogP contribution in [0, 0.1) is 0 Å². The van der Waals surface area contributed by atoms with E-state index >= 15 is 0 Å². The van der Waals surface area contributed by atoms with E-state index in [0.717, 1.165) is 11.1 Å². The summed E-state index contributed by atoms with van der Waals surface area (Å²) >= 11 is 5.86. The van der Waals surface area contributed by atoms with Crippen molar-refractivity contribution in [3.63, 3.8) is 0 Å². The van der Waals surface area contributed by atoms with Crippen molar-refractivity contribution in [2.75, 3.05) is 11.9 Å². The molecular formula is C22H16ClN3O2. The third kappa shape index (κ3) is 4.10. The molecule has 0 aliphatic rings. The van der Waals surface area contributed by atoms with Crippen molar-refractivity contribution in [3.05, 3.63) is 83.9 Å². The van der Waals surface area contributed by atoms with Crippen molar-refractivity contribution in [3.8, 4) is 17.1 Å². The number of nitrogens with zero attached hydrogens (tertiary/aromatic N) is 2. The molecule has 4 aromatic rings. The maximum Gasteiger partial charge on any atom is 0.262 e. The number of hydrogen-bond acceptors (Lipinski definition) is 4. The number of benzene rings is 3. The van der Waals surface area contributed by atoms with Gasteiger partial charge < -0.3 is 10.1 Å². The molecule has 0 radical (unpaired) electrons. The van der Waals surface area contributed by atoms with Crippen molar-refractivity contribution in [1.29, 1.82) is 0 Å². The lowest BCUT2D eigenvalue weighted by atomic mass is 10.1. The number of carbonyl (C=O) groups excluding carboxylic acids is 1. The Kier molecular flexibility index (Phi) is 5.17. The minimum atomic E-state index is -0.295. The number of halogens is 1. The fraction of sp³-hybridized carbons (Fsp3) is 0.0455. The number of carbonyl (C=O) groups is 1. The molecule has 0 aliphatic carbocycles. The van der Waals surface area contributed by atoms with Crippen molar-refractivity contribution in [2.24, 2.45) is 0 Å². The third-order valence-electron chi connectivity index (χ3n) is 4.05. The van der Waals surface area contributed by atoms with Crippen molar-refractivity contribution >= 4 is 34.2 Å². The maximum atomic E-state index is 12.3. The number of para-hydroxylation sites is 2. The van der Waals surface area contributed by atoms with Crippen LogP contribution in [0.3, 0.4) is 0 Å². The van der Waals surface area contributed by atoms with Gasteiger partial charge >= 0.3 is 0 Å². The Morgan fingerprint density at radius 3 is 2.21 bits per heavy atom. The molecule has 28 heavy (non-hydrogen) atoms. The molecule has 1 aromatic heterocycles. The average Bonchev–Trinajstić information content (AvgIpc) is 2.74. The second-order valence-electron chi connectivity index (χ2n) is 6.08. The quantitative estimate of drug-likeness (QED) is 0.523. The summed E-state index contributed by atoms with van der Waals surface area (Å²) in [6.07, 6.45) is 0. The molecule has 6 heteroatoms. The first-order chi connectivity index (χ1) is 13.7. The first-order valence-corrected chi connectivity index (χ1v) is 9.07. The highest BCUT2D eigenvalue weighted by Crippen LogP contribution is 2.28. The highest BCUT2D eigenvalue weighted by atomic mass is 35.5. The molecule has 0 saturated heterocycles. The molecule has 4 rings (SSSR count). The van der Waals surface area contributed by atoms with Crippen LogP contribution in [-0.4, -0.2) is 22.5 Å². The third-order valence-corrected chi connectivity index (χ3v) is 4.31. The van der Waals surface area contributed by atoms with Gasteiger partial charge in [0.2, 0.25) is 5.88 Å². The number of ether oxygens (including phenoxy) is 1. The molecule has 1 N–H and O–H groups in total. The molecule has 5 nitrogen and oxygen atoms in total. The Bertz CT molecular complexity index is 1120. The van der Waals surface area contributed by atoms with E-state index in [-0.39, 0.29) is 12.5 Å². The number of aromatic nitrogens is 2. The zero-order chi connectivity index (χ0) is 19.3. The first-order valence-electron chi connectivity index (χ1n) is 8.69. The van der Waals surface area contributed by atoms with Crippen LogP contribution >= 0.6 is 11.6 Å². The predicted molar refractivity (Wildman–Crippen MR) is 111 cm³/mol. The van der Waals surface area contributed by atoms with Crippen molar-refractivity contribution in [2.45, 2.75) is 0 Å². The topological polar surface area (TPSA) is 64.1 Å². The lowest BCUT2D eigenvalue weighted by molar-refractivity contribution is -0.118. The molecule has 0 spiro atoms. The lowest BCUT2D eigenvalue weighted by Gasteiger charge is -2.11. The average molecular weight is 390 g/mol. The second-order valence-corrected chi connectivity index (χ2v) is 6.51. The summed E-state index contributed by atoms with van der Waals surface area (Å²) < 4.78 is 5.75. The molecular weight excluding hydrogens is 374 g/mol. The standard InChI is InChI=1S/C22H16ClN3O2/c23-16-10-12-17(13-11-16)24-20(27)14-28-22-21(15-6-2-1-3-7-15)25-18-8-4-5-9-19(18)26-22/h1-13H,14H2,(H,24,27). The smallest absolute Gasteiger partial charge is 0.262 e. The minimum Gasteiger partial charge on any atom is -0.466 e. The number of amides is 1. The van der Waals surface area contributed by atoms with Crippen LogP contribution in [0.5, 0.6) is 5.88 Å². The van der Waals surface area contributed by atoms with E-state index in [4.69, 9.17) is 16.3 Å². The van der Waals surface area contributed by atoms with Crippen LogP contribution in [0.25, 0.3) is 22.3 Å². The van der Waals surface area contributed by atoms with Crippen LogP contribution in [0.4, 0.5) is 5.69 Å². The number of rotatable bonds is 5. The van der Waals surface area contributed by atoms with Gasteiger partial charge in [0.25, 0.3) is 5.91 Å². The molecule has 0 saturated carbocycles. The minimum absolute atomic E-state index is 0.185. The fourth-order valence-corrected chi connectivity index (χ4v) is 2.86. The molecule has 3 aromatic carbocycles. The molecule has 0 unspecified atom stereocenters. The van der Waals surface area contributed by atoms with Gasteiger partial charge in [-0.15, -0.1) is 0 Å². The van der Waals surface area contributed by atoms with Crippen LogP contribution in [0.2, 0.25) is 5.02 Å². The summed E-state index contributed by atoms with van der Waals surface area (Å²) in [5.41, 5.74) is 3.58. The van der Waals surface area contributed by atoms with Gasteiger partial charge in [0.15, 0.2) is 6.61 Å². The molecule has 0 fully saturated rings. The SMILES string of the molecule is O=C(COc1nc2ccccc2nc1-c1ccccc1)Nc1ccc(Cl)cc1. The molecule has 138 valence electrons. The maximum absolute atomic E-state index is 12.3. The Labute approximate surface area is 167 Å². The monoisotopic (exact) mass is 389 g/mol. The Hall–Kier alpha value is -3.44. The summed E-state index contributed by atoms with van der Waals surface area (Å²) in [5, 5.41) is 3.37. The van der Waals surface area contributed by atoms with Crippen LogP contribution in [-0.2, 0) is 4.79 Å². The van der Waals surface area contributed by atoms with Gasteiger partial charge in [0.05, 0.1) is 11.0 Å². The zero-order valence-corrected chi connectivity index (χ0v) is 15.6. The van der Waals surface area contributed by atoms with Crippen molar-refractivity contribution < 1.29 is 9.53 Å². The highest BCUT2D eigenvalue weighted by Gasteiger charge is 2.14. The van der Waals surface area contributed by atoms with E-state index in [1.165, 1.54) is 0 Å². The Morgan fingerprint density at radius 2 is 1.50 bits per heavy atom. The summed E-state index contributed by atoms with van der Waals surface area (Å²) in [6, 6.07) is 24.0. The number of fused-ring (bicyclic) bond motifs is 1. The number of anilines is 1. The van der Waals surface area contributed by atoms with E-state index in [9.17, 15) is 4.79 Å². The molecule has 0 atom stereocenters. The second kappa shape index (κ2) is 8.06. The van der Waals surface area contributed by atoms with Crippen LogP contribution in [0.1, 0.15) is 0 Å². The van der Waals surface area contributed by atoms with Crippen LogP contribution < -0.4 is 10.1 Å². The summed E-state index contributed by atoms with van der Waals surface area (Å²) in [5.74, 6) is 0.0208. The lowest BCUT2D eigenvalue weighted by Crippen LogP contribution is -2.20. The van der Waals surface area contributed by atoms with E-state index in [2.05, 4.69) is 15.3 Å². The molecule has 1 heterocycles. The summed E-state index contributed by atoms with van der Waals surface area (Å²) in [7, 11) is 0. The Balaban J connectivity index is 1.58. The van der Waals surface area contributed by atoms with E-state index in [1.54, 1.807) is 24.3 Å². The molecule has 0 bridgehead atoms. The fourth-order valence-electron chi connectivity index (χ4n) is 2.73. The first kappa shape index (κ1) is 17.9. The number of hydrogen-bond donors (Lipinski definition) is 1. The van der Waals surface area contributed by atoms with Gasteiger partial charge in [0.1, 0.15) is 5.69 Å².